The van der Waals surface area contributed by atoms with Gasteiger partial charge in [-0.3, -0.25) is 0 Å². The molecule has 0 aromatic heterocycles. The van der Waals surface area contributed by atoms with E-state index in [1.54, 1.807) is 35.2 Å². The molecule has 12 heteroatoms. The van der Waals surface area contributed by atoms with Gasteiger partial charge >= 0.3 is 18.0 Å². The Labute approximate surface area is 215 Å². The highest BCUT2D eigenvalue weighted by Crippen LogP contribution is 2.10. The van der Waals surface area contributed by atoms with Crippen molar-refractivity contribution in [3.05, 3.63) is 30.3 Å². The van der Waals surface area contributed by atoms with Gasteiger partial charge in [0.2, 0.25) is 0 Å². The molecule has 0 saturated heterocycles. The maximum absolute atomic E-state index is 12.8. The lowest BCUT2D eigenvalue weighted by Crippen LogP contribution is -2.45. The average Bonchev–Trinajstić information content (AvgIpc) is 2.87. The van der Waals surface area contributed by atoms with Gasteiger partial charge in [0.15, 0.2) is 9.84 Å². The zero-order valence-corrected chi connectivity index (χ0v) is 22.7. The molecular weight excluding hydrogens is 488 g/mol. The van der Waals surface area contributed by atoms with Gasteiger partial charge in [0, 0.05) is 26.2 Å². The number of aliphatic carboxylic acids is 2. The molecule has 1 aromatic rings. The number of carbonyl (C=O) groups is 3. The summed E-state index contributed by atoms with van der Waals surface area (Å²) in [5.74, 6) is -3.73. The molecule has 11 nitrogen and oxygen atoms in total. The fourth-order valence-electron chi connectivity index (χ4n) is 3.29. The summed E-state index contributed by atoms with van der Waals surface area (Å²) in [5.41, 5.74) is 0. The fourth-order valence-corrected chi connectivity index (χ4v) is 4.56. The maximum Gasteiger partial charge on any atom is 0.414 e. The maximum atomic E-state index is 12.8. The summed E-state index contributed by atoms with van der Waals surface area (Å²) in [4.78, 5) is 37.4. The van der Waals surface area contributed by atoms with Crippen LogP contribution in [-0.4, -0.2) is 116 Å². The Bertz CT molecular complexity index is 862. The van der Waals surface area contributed by atoms with Crippen LogP contribution in [0.1, 0.15) is 34.1 Å². The van der Waals surface area contributed by atoms with E-state index < -0.39 is 21.8 Å². The molecule has 0 radical (unpaired) electrons. The number of likely N-dealkylation sites (N-methyl/N-ethyl adjacent to an activating group) is 1. The minimum Gasteiger partial charge on any atom is -0.473 e. The number of rotatable bonds is 15. The Morgan fingerprint density at radius 1 is 0.778 bits per heavy atom. The molecule has 0 saturated carbocycles. The second-order valence-corrected chi connectivity index (χ2v) is 9.98. The van der Waals surface area contributed by atoms with E-state index in [0.717, 1.165) is 45.7 Å². The minimum atomic E-state index is -3.42. The zero-order valence-electron chi connectivity index (χ0n) is 21.9. The van der Waals surface area contributed by atoms with E-state index in [9.17, 15) is 13.2 Å². The summed E-state index contributed by atoms with van der Waals surface area (Å²) in [6.45, 7) is 15.2. The van der Waals surface area contributed by atoms with E-state index >= 15 is 0 Å². The van der Waals surface area contributed by atoms with Gasteiger partial charge in [-0.05, 0) is 51.3 Å². The zero-order chi connectivity index (χ0) is 27.6. The van der Waals surface area contributed by atoms with Crippen LogP contribution < -0.4 is 5.32 Å². The first-order valence-electron chi connectivity index (χ1n) is 12.2. The number of hydrogen-bond donors (Lipinski definition) is 3. The molecule has 0 unspecified atom stereocenters. The second-order valence-electron chi connectivity index (χ2n) is 7.87. The van der Waals surface area contributed by atoms with Crippen LogP contribution in [0.2, 0.25) is 0 Å². The van der Waals surface area contributed by atoms with Gasteiger partial charge in [-0.1, -0.05) is 45.9 Å². The third-order valence-electron chi connectivity index (χ3n) is 5.60. The first-order valence-corrected chi connectivity index (χ1v) is 13.9. The molecule has 1 rings (SSSR count). The highest BCUT2D eigenvalue weighted by molar-refractivity contribution is 7.91. The Kier molecular flexibility index (Phi) is 17.2. The first kappa shape index (κ1) is 33.3. The third kappa shape index (κ3) is 14.0. The predicted octanol–water partition coefficient (Wildman–Crippen LogP) is 1.70. The van der Waals surface area contributed by atoms with Gasteiger partial charge in [0.25, 0.3) is 0 Å². The lowest BCUT2D eigenvalue weighted by Gasteiger charge is -2.26. The molecule has 206 valence electrons. The van der Waals surface area contributed by atoms with E-state index in [-0.39, 0.29) is 18.3 Å². The van der Waals surface area contributed by atoms with Crippen LogP contribution in [0.5, 0.6) is 0 Å². The number of nitrogens with one attached hydrogen (secondary N) is 1. The SMILES string of the molecule is CCN(CC)CCCN(CCS(=O)(=O)c1ccccc1)C(=O)NCCN(CC)CC.O=C(O)C(=O)O. The number of urea groups is 1. The number of carboxylic acids is 2. The predicted molar refractivity (Wildman–Crippen MR) is 139 cm³/mol. The van der Waals surface area contributed by atoms with Crippen molar-refractivity contribution in [2.75, 3.05) is 64.7 Å². The molecule has 0 heterocycles. The van der Waals surface area contributed by atoms with Crippen molar-refractivity contribution in [1.82, 2.24) is 20.0 Å². The van der Waals surface area contributed by atoms with Crippen molar-refractivity contribution < 1.29 is 33.0 Å². The molecule has 36 heavy (non-hydrogen) atoms. The van der Waals surface area contributed by atoms with Crippen LogP contribution in [0.25, 0.3) is 0 Å². The molecule has 1 aromatic carbocycles. The number of nitrogens with zero attached hydrogens (tertiary/aromatic N) is 3. The van der Waals surface area contributed by atoms with Crippen LogP contribution in [0.4, 0.5) is 4.79 Å². The molecule has 0 aliphatic carbocycles. The smallest absolute Gasteiger partial charge is 0.414 e. The second kappa shape index (κ2) is 18.6. The average molecular weight is 531 g/mol. The number of amides is 2. The van der Waals surface area contributed by atoms with Crippen molar-refractivity contribution in [3.8, 4) is 0 Å². The summed E-state index contributed by atoms with van der Waals surface area (Å²) in [6.07, 6.45) is 0.816. The van der Waals surface area contributed by atoms with Crippen molar-refractivity contribution >= 4 is 27.8 Å². The minimum absolute atomic E-state index is 0.0776. The molecule has 2 amide bonds. The van der Waals surface area contributed by atoms with Crippen molar-refractivity contribution in [1.29, 1.82) is 0 Å². The number of benzene rings is 1. The van der Waals surface area contributed by atoms with Crippen LogP contribution in [0, 0.1) is 0 Å². The molecule has 0 spiro atoms. The van der Waals surface area contributed by atoms with E-state index in [1.165, 1.54) is 0 Å². The number of hydrogen-bond acceptors (Lipinski definition) is 7. The number of carbonyl (C=O) groups excluding carboxylic acids is 1. The summed E-state index contributed by atoms with van der Waals surface area (Å²) in [6, 6.07) is 8.24. The van der Waals surface area contributed by atoms with Gasteiger partial charge < -0.3 is 30.2 Å². The van der Waals surface area contributed by atoms with Gasteiger partial charge in [-0.15, -0.1) is 0 Å². The van der Waals surface area contributed by atoms with Crippen molar-refractivity contribution in [2.24, 2.45) is 0 Å². The van der Waals surface area contributed by atoms with Gasteiger partial charge in [0.05, 0.1) is 10.6 Å². The van der Waals surface area contributed by atoms with Crippen LogP contribution in [-0.2, 0) is 19.4 Å². The van der Waals surface area contributed by atoms with E-state index in [1.807, 2.05) is 0 Å². The summed E-state index contributed by atoms with van der Waals surface area (Å²) < 4.78 is 25.3. The summed E-state index contributed by atoms with van der Waals surface area (Å²) >= 11 is 0. The highest BCUT2D eigenvalue weighted by atomic mass is 32.2. The molecule has 3 N–H and O–H groups in total. The van der Waals surface area contributed by atoms with E-state index in [2.05, 4.69) is 42.8 Å². The van der Waals surface area contributed by atoms with Crippen LogP contribution in [0.15, 0.2) is 35.2 Å². The Morgan fingerprint density at radius 2 is 1.28 bits per heavy atom. The van der Waals surface area contributed by atoms with Gasteiger partial charge in [-0.2, -0.15) is 0 Å². The van der Waals surface area contributed by atoms with Crippen molar-refractivity contribution in [2.45, 2.75) is 39.0 Å². The van der Waals surface area contributed by atoms with E-state index in [4.69, 9.17) is 19.8 Å². The first-order chi connectivity index (χ1) is 17.0. The Hall–Kier alpha value is -2.70. The van der Waals surface area contributed by atoms with E-state index in [0.29, 0.717) is 18.0 Å². The Balaban J connectivity index is 0.00000181. The quantitative estimate of drug-likeness (QED) is 0.288. The third-order valence-corrected chi connectivity index (χ3v) is 7.31. The molecule has 0 atom stereocenters. The van der Waals surface area contributed by atoms with Gasteiger partial charge in [0.1, 0.15) is 0 Å². The molecule has 0 aliphatic heterocycles. The lowest BCUT2D eigenvalue weighted by molar-refractivity contribution is -0.159. The normalized spacial score (nSPS) is 11.1. The van der Waals surface area contributed by atoms with Crippen LogP contribution in [0.3, 0.4) is 0 Å². The van der Waals surface area contributed by atoms with Crippen molar-refractivity contribution in [3.63, 3.8) is 0 Å². The monoisotopic (exact) mass is 530 g/mol. The lowest BCUT2D eigenvalue weighted by atomic mass is 10.3. The van der Waals surface area contributed by atoms with Crippen LogP contribution >= 0.6 is 0 Å². The highest BCUT2D eigenvalue weighted by Gasteiger charge is 2.19. The molecule has 0 bridgehead atoms. The summed E-state index contributed by atoms with van der Waals surface area (Å²) in [5, 5.41) is 17.7. The topological polar surface area (TPSA) is 148 Å². The molecular formula is C24H42N4O7S. The molecule has 0 fully saturated rings. The largest absolute Gasteiger partial charge is 0.473 e. The molecule has 0 aliphatic rings. The number of carboxylic acid groups (broad SMARTS) is 2. The fraction of sp³-hybridized carbons (Fsp3) is 0.625. The number of sulfone groups is 1. The standard InChI is InChI=1S/C22H40N4O3S.C2H2O4/c1-5-24(6-2)16-12-17-26(22(27)23-15-18-25(7-3)8-4)19-20-30(28,29)21-13-10-9-11-14-21;3-1(4)2(5)6/h9-11,13-14H,5-8,12,15-20H2,1-4H3,(H,23,27);(H,3,4)(H,5,6). The van der Waals surface area contributed by atoms with Gasteiger partial charge in [-0.25, -0.2) is 22.8 Å². The Morgan fingerprint density at radius 3 is 1.75 bits per heavy atom. The summed E-state index contributed by atoms with van der Waals surface area (Å²) in [7, 11) is -3.42.